The van der Waals surface area contributed by atoms with Crippen LogP contribution in [0.15, 0.2) is 42.6 Å². The van der Waals surface area contributed by atoms with Crippen molar-refractivity contribution in [3.8, 4) is 0 Å². The second kappa shape index (κ2) is 7.26. The average Bonchev–Trinajstić information content (AvgIpc) is 2.91. The van der Waals surface area contributed by atoms with Crippen LogP contribution in [0.25, 0.3) is 0 Å². The first kappa shape index (κ1) is 19.0. The number of carbonyl (C=O) groups is 1. The minimum atomic E-state index is -0.483. The number of aromatic nitrogens is 1. The number of rotatable bonds is 3. The first-order valence-corrected chi connectivity index (χ1v) is 10.4. The van der Waals surface area contributed by atoms with Crippen LogP contribution in [-0.2, 0) is 4.74 Å². The summed E-state index contributed by atoms with van der Waals surface area (Å²) in [5.41, 5.74) is 6.49. The van der Waals surface area contributed by atoms with Gasteiger partial charge in [-0.3, -0.25) is 4.90 Å². The predicted molar refractivity (Wildman–Crippen MR) is 111 cm³/mol. The molecule has 2 aliphatic carbocycles. The quantitative estimate of drug-likeness (QED) is 0.826. The Morgan fingerprint density at radius 1 is 1.14 bits per heavy atom. The fraction of sp³-hybridized carbons (Fsp3) is 0.565. The summed E-state index contributed by atoms with van der Waals surface area (Å²) in [6, 6.07) is 4.27. The van der Waals surface area contributed by atoms with Crippen molar-refractivity contribution in [2.75, 3.05) is 5.73 Å². The molecule has 3 atom stereocenters. The molecular formula is C23H31N3O2. The molecule has 28 heavy (non-hydrogen) atoms. The third-order valence-electron chi connectivity index (χ3n) is 6.77. The van der Waals surface area contributed by atoms with E-state index in [1.165, 1.54) is 5.56 Å². The SMILES string of the molecule is CC1C=CC=CC1C1N(C2CCC(c3ccc(N)nc3)CC2)C(=O)OC1(C)C. The van der Waals surface area contributed by atoms with Crippen molar-refractivity contribution in [3.05, 3.63) is 48.2 Å². The van der Waals surface area contributed by atoms with Crippen LogP contribution in [-0.4, -0.2) is 33.7 Å². The van der Waals surface area contributed by atoms with Gasteiger partial charge in [0, 0.05) is 18.2 Å². The summed E-state index contributed by atoms with van der Waals surface area (Å²) >= 11 is 0. The number of ether oxygens (including phenoxy) is 1. The molecular weight excluding hydrogens is 350 g/mol. The number of cyclic esters (lactones) is 1. The van der Waals surface area contributed by atoms with Gasteiger partial charge in [0.25, 0.3) is 0 Å². The van der Waals surface area contributed by atoms with Gasteiger partial charge in [0.2, 0.25) is 0 Å². The second-order valence-electron chi connectivity index (χ2n) is 9.05. The number of anilines is 1. The van der Waals surface area contributed by atoms with E-state index in [9.17, 15) is 4.79 Å². The van der Waals surface area contributed by atoms with Gasteiger partial charge in [-0.15, -0.1) is 0 Å². The molecule has 0 spiro atoms. The van der Waals surface area contributed by atoms with Crippen molar-refractivity contribution < 1.29 is 9.53 Å². The molecule has 1 aliphatic heterocycles. The summed E-state index contributed by atoms with van der Waals surface area (Å²) in [7, 11) is 0. The number of nitrogens with two attached hydrogens (primary N) is 1. The molecule has 1 aromatic heterocycles. The Labute approximate surface area is 167 Å². The average molecular weight is 382 g/mol. The first-order chi connectivity index (χ1) is 13.4. The molecule has 2 heterocycles. The highest BCUT2D eigenvalue weighted by atomic mass is 16.6. The van der Waals surface area contributed by atoms with E-state index >= 15 is 0 Å². The maximum absolute atomic E-state index is 12.9. The lowest BCUT2D eigenvalue weighted by Gasteiger charge is -2.42. The van der Waals surface area contributed by atoms with E-state index in [1.54, 1.807) is 0 Å². The molecule has 1 saturated heterocycles. The van der Waals surface area contributed by atoms with Gasteiger partial charge >= 0.3 is 6.09 Å². The first-order valence-electron chi connectivity index (χ1n) is 10.4. The molecule has 0 radical (unpaired) electrons. The van der Waals surface area contributed by atoms with E-state index in [-0.39, 0.29) is 24.1 Å². The summed E-state index contributed by atoms with van der Waals surface area (Å²) in [4.78, 5) is 19.2. The maximum atomic E-state index is 12.9. The van der Waals surface area contributed by atoms with Crippen LogP contribution < -0.4 is 5.73 Å². The zero-order valence-electron chi connectivity index (χ0n) is 17.0. The number of amides is 1. The minimum absolute atomic E-state index is 0.0657. The summed E-state index contributed by atoms with van der Waals surface area (Å²) in [5, 5.41) is 0. The number of nitrogen functional groups attached to an aromatic ring is 1. The number of pyridine rings is 1. The molecule has 1 amide bonds. The third-order valence-corrected chi connectivity index (χ3v) is 6.77. The van der Waals surface area contributed by atoms with E-state index in [2.05, 4.69) is 61.0 Å². The Balaban J connectivity index is 1.51. The van der Waals surface area contributed by atoms with E-state index in [4.69, 9.17) is 10.5 Å². The van der Waals surface area contributed by atoms with Crippen LogP contribution in [0.5, 0.6) is 0 Å². The summed E-state index contributed by atoms with van der Waals surface area (Å²) < 4.78 is 5.86. The molecule has 5 nitrogen and oxygen atoms in total. The lowest BCUT2D eigenvalue weighted by Crippen LogP contribution is -2.52. The molecule has 1 aromatic rings. The van der Waals surface area contributed by atoms with Gasteiger partial charge in [-0.1, -0.05) is 37.3 Å². The Bertz CT molecular complexity index is 776. The van der Waals surface area contributed by atoms with E-state index in [0.29, 0.717) is 17.7 Å². The lowest BCUT2D eigenvalue weighted by molar-refractivity contribution is 0.0461. The van der Waals surface area contributed by atoms with Crippen molar-refractivity contribution in [1.82, 2.24) is 9.88 Å². The van der Waals surface area contributed by atoms with Gasteiger partial charge in [0.15, 0.2) is 0 Å². The smallest absolute Gasteiger partial charge is 0.411 e. The normalized spacial score (nSPS) is 34.5. The van der Waals surface area contributed by atoms with E-state index < -0.39 is 5.60 Å². The Morgan fingerprint density at radius 3 is 2.50 bits per heavy atom. The summed E-state index contributed by atoms with van der Waals surface area (Å²) in [6.45, 7) is 6.34. The minimum Gasteiger partial charge on any atom is -0.441 e. The highest BCUT2D eigenvalue weighted by Crippen LogP contribution is 2.44. The summed E-state index contributed by atoms with van der Waals surface area (Å²) in [6.07, 6.45) is 14.5. The molecule has 0 aromatic carbocycles. The van der Waals surface area contributed by atoms with Crippen molar-refractivity contribution >= 4 is 11.9 Å². The van der Waals surface area contributed by atoms with Crippen molar-refractivity contribution in [2.45, 2.75) is 70.1 Å². The van der Waals surface area contributed by atoms with E-state index in [0.717, 1.165) is 25.7 Å². The number of hydrogen-bond acceptors (Lipinski definition) is 4. The Kier molecular flexibility index (Phi) is 4.94. The van der Waals surface area contributed by atoms with Crippen molar-refractivity contribution in [1.29, 1.82) is 0 Å². The molecule has 2 N–H and O–H groups in total. The molecule has 150 valence electrons. The molecule has 2 fully saturated rings. The molecule has 5 heteroatoms. The monoisotopic (exact) mass is 381 g/mol. The molecule has 0 bridgehead atoms. The van der Waals surface area contributed by atoms with Crippen LogP contribution in [0.4, 0.5) is 10.6 Å². The van der Waals surface area contributed by atoms with Gasteiger partial charge < -0.3 is 10.5 Å². The zero-order chi connectivity index (χ0) is 19.9. The Hall–Kier alpha value is -2.30. The Morgan fingerprint density at radius 2 is 1.86 bits per heavy atom. The fourth-order valence-electron chi connectivity index (χ4n) is 5.29. The molecule has 3 aliphatic rings. The van der Waals surface area contributed by atoms with Crippen LogP contribution in [0, 0.1) is 11.8 Å². The van der Waals surface area contributed by atoms with Gasteiger partial charge in [-0.25, -0.2) is 9.78 Å². The summed E-state index contributed by atoms with van der Waals surface area (Å²) in [5.74, 6) is 1.73. The maximum Gasteiger partial charge on any atom is 0.411 e. The predicted octanol–water partition coefficient (Wildman–Crippen LogP) is 4.67. The van der Waals surface area contributed by atoms with Crippen LogP contribution in [0.3, 0.4) is 0 Å². The molecule has 3 unspecified atom stereocenters. The van der Waals surface area contributed by atoms with E-state index in [1.807, 2.05) is 12.3 Å². The van der Waals surface area contributed by atoms with Crippen molar-refractivity contribution in [3.63, 3.8) is 0 Å². The zero-order valence-corrected chi connectivity index (χ0v) is 17.0. The van der Waals surface area contributed by atoms with Crippen LogP contribution in [0.1, 0.15) is 57.9 Å². The van der Waals surface area contributed by atoms with Gasteiger partial charge in [-0.2, -0.15) is 0 Å². The third kappa shape index (κ3) is 3.43. The van der Waals surface area contributed by atoms with Gasteiger partial charge in [0.05, 0.1) is 6.04 Å². The highest BCUT2D eigenvalue weighted by molar-refractivity contribution is 5.72. The van der Waals surface area contributed by atoms with Crippen LogP contribution >= 0.6 is 0 Å². The fourth-order valence-corrected chi connectivity index (χ4v) is 5.29. The number of nitrogens with zero attached hydrogens (tertiary/aromatic N) is 2. The van der Waals surface area contributed by atoms with Gasteiger partial charge in [-0.05, 0) is 63.0 Å². The molecule has 1 saturated carbocycles. The standard InChI is InChI=1S/C23H31N3O2/c1-15-6-4-5-7-19(15)21-23(2,3)28-22(27)26(21)18-11-8-16(9-12-18)17-10-13-20(24)25-14-17/h4-7,10,13-16,18-19,21H,8-9,11-12H2,1-3H3,(H2,24,25). The number of carbonyl (C=O) groups excluding carboxylic acids is 1. The largest absolute Gasteiger partial charge is 0.441 e. The van der Waals surface area contributed by atoms with Crippen molar-refractivity contribution in [2.24, 2.45) is 11.8 Å². The van der Waals surface area contributed by atoms with Crippen LogP contribution in [0.2, 0.25) is 0 Å². The number of hydrogen-bond donors (Lipinski definition) is 1. The van der Waals surface area contributed by atoms with Gasteiger partial charge in [0.1, 0.15) is 11.4 Å². The lowest BCUT2D eigenvalue weighted by atomic mass is 9.75. The topological polar surface area (TPSA) is 68.5 Å². The number of allylic oxidation sites excluding steroid dienone is 3. The molecule has 4 rings (SSSR count). The second-order valence-corrected chi connectivity index (χ2v) is 9.05. The highest BCUT2D eigenvalue weighted by Gasteiger charge is 2.54.